The van der Waals surface area contributed by atoms with E-state index in [1.165, 1.54) is 22.3 Å². The van der Waals surface area contributed by atoms with Gasteiger partial charge in [-0.2, -0.15) is 0 Å². The number of nitrogen functional groups attached to an aromatic ring is 1. The van der Waals surface area contributed by atoms with Crippen molar-refractivity contribution in [2.24, 2.45) is 5.73 Å². The molecule has 0 atom stereocenters. The van der Waals surface area contributed by atoms with E-state index >= 15 is 0 Å². The molecule has 0 aliphatic heterocycles. The van der Waals surface area contributed by atoms with Crippen LogP contribution >= 0.6 is 0 Å². The van der Waals surface area contributed by atoms with Gasteiger partial charge in [-0.05, 0) is 43.7 Å². The monoisotopic (exact) mass is 281 g/mol. The molecule has 0 radical (unpaired) electrons. The molecule has 0 amide bonds. The summed E-state index contributed by atoms with van der Waals surface area (Å²) in [5.74, 6) is 0.123. The Morgan fingerprint density at radius 2 is 1.71 bits per heavy atom. The van der Waals surface area contributed by atoms with Crippen LogP contribution in [0.3, 0.4) is 0 Å². The summed E-state index contributed by atoms with van der Waals surface area (Å²) >= 11 is 0. The van der Waals surface area contributed by atoms with E-state index in [9.17, 15) is 0 Å². The number of rotatable bonds is 5. The third kappa shape index (κ3) is 4.17. The van der Waals surface area contributed by atoms with Gasteiger partial charge in [0.25, 0.3) is 0 Å². The van der Waals surface area contributed by atoms with Crippen LogP contribution in [0.1, 0.15) is 27.8 Å². The Balaban J connectivity index is 2.04. The van der Waals surface area contributed by atoms with Gasteiger partial charge in [-0.25, -0.2) is 0 Å². The second-order valence-electron chi connectivity index (χ2n) is 5.71. The number of hydrogen-bond acceptors (Lipinski definition) is 2. The maximum Gasteiger partial charge on any atom is 0.122 e. The van der Waals surface area contributed by atoms with Gasteiger partial charge in [-0.3, -0.25) is 10.3 Å². The molecule has 0 heterocycles. The third-order valence-corrected chi connectivity index (χ3v) is 3.67. The summed E-state index contributed by atoms with van der Waals surface area (Å²) in [6, 6.07) is 14.6. The molecule has 21 heavy (non-hydrogen) atoms. The summed E-state index contributed by atoms with van der Waals surface area (Å²) in [6.45, 7) is 5.99. The molecule has 3 heteroatoms. The van der Waals surface area contributed by atoms with E-state index in [1.54, 1.807) is 0 Å². The van der Waals surface area contributed by atoms with E-state index in [0.717, 1.165) is 18.7 Å². The highest BCUT2D eigenvalue weighted by Gasteiger charge is 2.06. The Kier molecular flexibility index (Phi) is 4.76. The summed E-state index contributed by atoms with van der Waals surface area (Å²) in [4.78, 5) is 2.29. The van der Waals surface area contributed by atoms with E-state index in [1.807, 2.05) is 12.1 Å². The molecule has 0 spiro atoms. The standard InChI is InChI=1S/C18H23N3/c1-13-4-6-15(7-5-13)11-21(3)12-17-9-8-16(18(19)20)10-14(17)2/h4-10H,11-12H2,1-3H3,(H3,19,20). The molecule has 0 saturated carbocycles. The fourth-order valence-corrected chi connectivity index (χ4v) is 2.39. The quantitative estimate of drug-likeness (QED) is 0.653. The lowest BCUT2D eigenvalue weighted by molar-refractivity contribution is 0.318. The lowest BCUT2D eigenvalue weighted by atomic mass is 10.0. The SMILES string of the molecule is Cc1ccc(CN(C)Cc2ccc(C(=N)N)cc2C)cc1. The topological polar surface area (TPSA) is 53.1 Å². The van der Waals surface area contributed by atoms with Crippen LogP contribution in [0.5, 0.6) is 0 Å². The van der Waals surface area contributed by atoms with Crippen molar-refractivity contribution in [1.29, 1.82) is 5.41 Å². The van der Waals surface area contributed by atoms with Gasteiger partial charge in [0.1, 0.15) is 5.84 Å². The van der Waals surface area contributed by atoms with E-state index in [4.69, 9.17) is 11.1 Å². The highest BCUT2D eigenvalue weighted by atomic mass is 15.1. The predicted molar refractivity (Wildman–Crippen MR) is 88.5 cm³/mol. The van der Waals surface area contributed by atoms with Gasteiger partial charge in [0.15, 0.2) is 0 Å². The number of amidine groups is 1. The molecule has 0 unspecified atom stereocenters. The van der Waals surface area contributed by atoms with Gasteiger partial charge in [-0.1, -0.05) is 42.0 Å². The molecule has 0 aromatic heterocycles. The highest BCUT2D eigenvalue weighted by Crippen LogP contribution is 2.14. The van der Waals surface area contributed by atoms with E-state index in [-0.39, 0.29) is 5.84 Å². The van der Waals surface area contributed by atoms with Crippen molar-refractivity contribution in [3.8, 4) is 0 Å². The zero-order chi connectivity index (χ0) is 15.4. The molecular weight excluding hydrogens is 258 g/mol. The molecule has 2 aromatic carbocycles. The lowest BCUT2D eigenvalue weighted by Crippen LogP contribution is -2.18. The number of nitrogens with one attached hydrogen (secondary N) is 1. The van der Waals surface area contributed by atoms with Crippen LogP contribution in [0.25, 0.3) is 0 Å². The van der Waals surface area contributed by atoms with Gasteiger partial charge in [0, 0.05) is 18.7 Å². The van der Waals surface area contributed by atoms with Crippen molar-refractivity contribution >= 4 is 5.84 Å². The van der Waals surface area contributed by atoms with Crippen LogP contribution in [0.2, 0.25) is 0 Å². The molecule has 0 bridgehead atoms. The fourth-order valence-electron chi connectivity index (χ4n) is 2.39. The Labute approximate surface area is 126 Å². The van der Waals surface area contributed by atoms with Gasteiger partial charge in [0.2, 0.25) is 0 Å². The van der Waals surface area contributed by atoms with Gasteiger partial charge < -0.3 is 5.73 Å². The molecular formula is C18H23N3. The number of hydrogen-bond donors (Lipinski definition) is 2. The molecule has 0 aliphatic rings. The summed E-state index contributed by atoms with van der Waals surface area (Å²) in [6.07, 6.45) is 0. The largest absolute Gasteiger partial charge is 0.384 e. The summed E-state index contributed by atoms with van der Waals surface area (Å²) < 4.78 is 0. The van der Waals surface area contributed by atoms with Gasteiger partial charge in [0.05, 0.1) is 0 Å². The number of aryl methyl sites for hydroxylation is 2. The smallest absolute Gasteiger partial charge is 0.122 e. The second kappa shape index (κ2) is 6.55. The van der Waals surface area contributed by atoms with E-state index in [0.29, 0.717) is 0 Å². The maximum atomic E-state index is 7.48. The van der Waals surface area contributed by atoms with Crippen molar-refractivity contribution < 1.29 is 0 Å². The molecule has 3 nitrogen and oxygen atoms in total. The number of nitrogens with two attached hydrogens (primary N) is 1. The highest BCUT2D eigenvalue weighted by molar-refractivity contribution is 5.95. The van der Waals surface area contributed by atoms with Crippen molar-refractivity contribution in [3.63, 3.8) is 0 Å². The van der Waals surface area contributed by atoms with Crippen molar-refractivity contribution in [2.45, 2.75) is 26.9 Å². The Morgan fingerprint density at radius 1 is 1.05 bits per heavy atom. The third-order valence-electron chi connectivity index (χ3n) is 3.67. The van der Waals surface area contributed by atoms with Crippen LogP contribution < -0.4 is 5.73 Å². The molecule has 2 rings (SSSR count). The number of nitrogens with zero attached hydrogens (tertiary/aromatic N) is 1. The van der Waals surface area contributed by atoms with Crippen LogP contribution in [-0.2, 0) is 13.1 Å². The molecule has 2 aromatic rings. The van der Waals surface area contributed by atoms with Crippen molar-refractivity contribution in [2.75, 3.05) is 7.05 Å². The summed E-state index contributed by atoms with van der Waals surface area (Å²) in [5.41, 5.74) is 11.4. The first-order chi connectivity index (χ1) is 9.95. The van der Waals surface area contributed by atoms with E-state index in [2.05, 4.69) is 56.1 Å². The van der Waals surface area contributed by atoms with Gasteiger partial charge >= 0.3 is 0 Å². The normalized spacial score (nSPS) is 10.9. The summed E-state index contributed by atoms with van der Waals surface area (Å²) in [5, 5.41) is 7.48. The molecule has 110 valence electrons. The summed E-state index contributed by atoms with van der Waals surface area (Å²) in [7, 11) is 2.12. The zero-order valence-electron chi connectivity index (χ0n) is 13.0. The first-order valence-corrected chi connectivity index (χ1v) is 7.13. The predicted octanol–water partition coefficient (Wildman–Crippen LogP) is 3.22. The van der Waals surface area contributed by atoms with Crippen LogP contribution in [0, 0.1) is 19.3 Å². The second-order valence-corrected chi connectivity index (χ2v) is 5.71. The molecule has 3 N–H and O–H groups in total. The Hall–Kier alpha value is -2.13. The first-order valence-electron chi connectivity index (χ1n) is 7.13. The number of benzene rings is 2. The minimum Gasteiger partial charge on any atom is -0.384 e. The fraction of sp³-hybridized carbons (Fsp3) is 0.278. The minimum absolute atomic E-state index is 0.123. The molecule has 0 saturated heterocycles. The van der Waals surface area contributed by atoms with Crippen LogP contribution in [0.15, 0.2) is 42.5 Å². The Morgan fingerprint density at radius 3 is 2.29 bits per heavy atom. The van der Waals surface area contributed by atoms with E-state index < -0.39 is 0 Å². The first kappa shape index (κ1) is 15.3. The Bertz CT molecular complexity index is 629. The van der Waals surface area contributed by atoms with Crippen molar-refractivity contribution in [1.82, 2.24) is 4.90 Å². The average molecular weight is 281 g/mol. The maximum absolute atomic E-state index is 7.48. The minimum atomic E-state index is 0.123. The van der Waals surface area contributed by atoms with Gasteiger partial charge in [-0.15, -0.1) is 0 Å². The van der Waals surface area contributed by atoms with Crippen molar-refractivity contribution in [3.05, 3.63) is 70.3 Å². The zero-order valence-corrected chi connectivity index (χ0v) is 13.0. The average Bonchev–Trinajstić information content (AvgIpc) is 2.43. The van der Waals surface area contributed by atoms with Crippen LogP contribution in [0.4, 0.5) is 0 Å². The molecule has 0 aliphatic carbocycles. The van der Waals surface area contributed by atoms with Crippen LogP contribution in [-0.4, -0.2) is 17.8 Å². The lowest BCUT2D eigenvalue weighted by Gasteiger charge is -2.18. The molecule has 0 fully saturated rings.